The number of hydrogen-bond donors (Lipinski definition) is 1. The van der Waals surface area contributed by atoms with Gasteiger partial charge in [0.25, 0.3) is 0 Å². The largest absolute Gasteiger partial charge is 0.497 e. The molecular weight excluding hydrogens is 230 g/mol. The van der Waals surface area contributed by atoms with Gasteiger partial charge in [-0.25, -0.2) is 0 Å². The molecule has 0 amide bonds. The molecule has 0 saturated carbocycles. The Morgan fingerprint density at radius 2 is 2.00 bits per heavy atom. The van der Waals surface area contributed by atoms with Crippen LogP contribution in [-0.4, -0.2) is 7.11 Å². The highest BCUT2D eigenvalue weighted by molar-refractivity contribution is 7.16. The van der Waals surface area contributed by atoms with E-state index in [4.69, 9.17) is 10.5 Å². The number of ether oxygens (including phenoxy) is 1. The molecule has 17 heavy (non-hydrogen) atoms. The predicted octanol–water partition coefficient (Wildman–Crippen LogP) is 3.88. The Balaban J connectivity index is 2.48. The van der Waals surface area contributed by atoms with E-state index >= 15 is 0 Å². The van der Waals surface area contributed by atoms with Crippen molar-refractivity contribution in [3.05, 3.63) is 34.7 Å². The van der Waals surface area contributed by atoms with Crippen molar-refractivity contribution in [2.45, 2.75) is 20.3 Å². The summed E-state index contributed by atoms with van der Waals surface area (Å²) >= 11 is 1.67. The minimum atomic E-state index is 0.885. The number of thiophene rings is 1. The van der Waals surface area contributed by atoms with E-state index in [0.29, 0.717) is 0 Å². The third-order valence-electron chi connectivity index (χ3n) is 2.88. The van der Waals surface area contributed by atoms with Gasteiger partial charge in [-0.05, 0) is 42.7 Å². The molecule has 0 radical (unpaired) electrons. The zero-order chi connectivity index (χ0) is 12.4. The number of aryl methyl sites for hydroxylation is 2. The Bertz CT molecular complexity index is 531. The first kappa shape index (κ1) is 12.0. The van der Waals surface area contributed by atoms with E-state index in [1.54, 1.807) is 18.4 Å². The quantitative estimate of drug-likeness (QED) is 0.893. The third-order valence-corrected chi connectivity index (χ3v) is 3.99. The highest BCUT2D eigenvalue weighted by atomic mass is 32.1. The van der Waals surface area contributed by atoms with Crippen LogP contribution in [0.2, 0.25) is 0 Å². The van der Waals surface area contributed by atoms with E-state index in [9.17, 15) is 0 Å². The van der Waals surface area contributed by atoms with Crippen LogP contribution >= 0.6 is 11.3 Å². The second kappa shape index (κ2) is 4.80. The molecule has 0 aliphatic heterocycles. The van der Waals surface area contributed by atoms with Gasteiger partial charge in [0, 0.05) is 10.4 Å². The lowest BCUT2D eigenvalue weighted by molar-refractivity contribution is 0.414. The van der Waals surface area contributed by atoms with Crippen LogP contribution in [-0.2, 0) is 6.42 Å². The van der Waals surface area contributed by atoms with Crippen molar-refractivity contribution in [3.8, 4) is 16.9 Å². The van der Waals surface area contributed by atoms with Crippen molar-refractivity contribution < 1.29 is 4.74 Å². The molecule has 0 fully saturated rings. The number of benzene rings is 1. The van der Waals surface area contributed by atoms with Gasteiger partial charge in [-0.1, -0.05) is 13.0 Å². The van der Waals surface area contributed by atoms with E-state index in [2.05, 4.69) is 26.0 Å². The summed E-state index contributed by atoms with van der Waals surface area (Å²) < 4.78 is 5.21. The molecule has 0 unspecified atom stereocenters. The fraction of sp³-hybridized carbons (Fsp3) is 0.286. The lowest BCUT2D eigenvalue weighted by atomic mass is 10.0. The van der Waals surface area contributed by atoms with E-state index in [1.165, 1.54) is 16.0 Å². The molecule has 2 nitrogen and oxygen atoms in total. The molecule has 3 heteroatoms. The van der Waals surface area contributed by atoms with Crippen molar-refractivity contribution >= 4 is 16.3 Å². The molecule has 1 heterocycles. The molecule has 0 aliphatic rings. The van der Waals surface area contributed by atoms with Crippen LogP contribution in [0.5, 0.6) is 5.75 Å². The first-order valence-corrected chi connectivity index (χ1v) is 6.50. The Labute approximate surface area is 106 Å². The van der Waals surface area contributed by atoms with Gasteiger partial charge >= 0.3 is 0 Å². The number of methoxy groups -OCH3 is 1. The van der Waals surface area contributed by atoms with Gasteiger partial charge in [-0.3, -0.25) is 0 Å². The number of anilines is 1. The highest BCUT2D eigenvalue weighted by Crippen LogP contribution is 2.36. The number of hydrogen-bond acceptors (Lipinski definition) is 3. The van der Waals surface area contributed by atoms with Crippen molar-refractivity contribution in [2.24, 2.45) is 0 Å². The first-order valence-electron chi connectivity index (χ1n) is 5.69. The maximum atomic E-state index is 6.08. The summed E-state index contributed by atoms with van der Waals surface area (Å²) in [5, 5.41) is 0.898. The Morgan fingerprint density at radius 1 is 1.24 bits per heavy atom. The van der Waals surface area contributed by atoms with Crippen molar-refractivity contribution in [1.29, 1.82) is 0 Å². The second-order valence-corrected chi connectivity index (χ2v) is 5.19. The number of nitrogens with two attached hydrogens (primary N) is 1. The smallest absolute Gasteiger partial charge is 0.119 e. The van der Waals surface area contributed by atoms with Gasteiger partial charge in [-0.2, -0.15) is 0 Å². The summed E-state index contributed by atoms with van der Waals surface area (Å²) in [5.74, 6) is 0.885. The fourth-order valence-corrected chi connectivity index (χ4v) is 2.79. The lowest BCUT2D eigenvalue weighted by Crippen LogP contribution is -1.89. The Kier molecular flexibility index (Phi) is 3.38. The second-order valence-electron chi connectivity index (χ2n) is 4.03. The minimum Gasteiger partial charge on any atom is -0.497 e. The molecule has 1 aromatic carbocycles. The SMILES string of the molecule is CCc1cc(-c2ccc(OC)cc2C)c(N)s1. The van der Waals surface area contributed by atoms with Gasteiger partial charge in [-0.15, -0.1) is 11.3 Å². The minimum absolute atomic E-state index is 0.885. The predicted molar refractivity (Wildman–Crippen MR) is 74.8 cm³/mol. The summed E-state index contributed by atoms with van der Waals surface area (Å²) in [6.45, 7) is 4.23. The molecule has 0 bridgehead atoms. The van der Waals surface area contributed by atoms with Crippen molar-refractivity contribution in [3.63, 3.8) is 0 Å². The average Bonchev–Trinajstić information content (AvgIpc) is 2.70. The lowest BCUT2D eigenvalue weighted by Gasteiger charge is -2.07. The Hall–Kier alpha value is -1.48. The number of nitrogen functional groups attached to an aromatic ring is 1. The van der Waals surface area contributed by atoms with Crippen LogP contribution in [0, 0.1) is 6.92 Å². The van der Waals surface area contributed by atoms with E-state index < -0.39 is 0 Å². The summed E-state index contributed by atoms with van der Waals surface area (Å²) in [6.07, 6.45) is 1.03. The summed E-state index contributed by atoms with van der Waals surface area (Å²) in [5.41, 5.74) is 9.61. The molecule has 90 valence electrons. The van der Waals surface area contributed by atoms with Crippen LogP contribution in [0.3, 0.4) is 0 Å². The topological polar surface area (TPSA) is 35.2 Å². The van der Waals surface area contributed by atoms with Crippen LogP contribution in [0.4, 0.5) is 5.00 Å². The fourth-order valence-electron chi connectivity index (χ4n) is 1.91. The summed E-state index contributed by atoms with van der Waals surface area (Å²) in [7, 11) is 1.68. The summed E-state index contributed by atoms with van der Waals surface area (Å²) in [6, 6.07) is 8.28. The maximum absolute atomic E-state index is 6.08. The van der Waals surface area contributed by atoms with E-state index in [-0.39, 0.29) is 0 Å². The molecule has 0 aliphatic carbocycles. The molecule has 0 atom stereocenters. The summed E-state index contributed by atoms with van der Waals surface area (Å²) in [4.78, 5) is 1.33. The van der Waals surface area contributed by atoms with Crippen molar-refractivity contribution in [2.75, 3.05) is 12.8 Å². The monoisotopic (exact) mass is 247 g/mol. The maximum Gasteiger partial charge on any atom is 0.119 e. The number of rotatable bonds is 3. The molecule has 0 spiro atoms. The van der Waals surface area contributed by atoms with Crippen LogP contribution in [0.15, 0.2) is 24.3 Å². The van der Waals surface area contributed by atoms with Gasteiger partial charge in [0.2, 0.25) is 0 Å². The van der Waals surface area contributed by atoms with Gasteiger partial charge in [0.1, 0.15) is 5.75 Å². The molecule has 2 N–H and O–H groups in total. The zero-order valence-electron chi connectivity index (χ0n) is 10.4. The molecule has 2 aromatic rings. The molecule has 2 rings (SSSR count). The average molecular weight is 247 g/mol. The first-order chi connectivity index (χ1) is 8.15. The van der Waals surface area contributed by atoms with Crippen LogP contribution in [0.25, 0.3) is 11.1 Å². The van der Waals surface area contributed by atoms with E-state index in [1.807, 2.05) is 12.1 Å². The Morgan fingerprint density at radius 3 is 2.53 bits per heavy atom. The van der Waals surface area contributed by atoms with Gasteiger partial charge in [0.05, 0.1) is 12.1 Å². The van der Waals surface area contributed by atoms with Crippen LogP contribution < -0.4 is 10.5 Å². The molecular formula is C14H17NOS. The van der Waals surface area contributed by atoms with Crippen molar-refractivity contribution in [1.82, 2.24) is 0 Å². The normalized spacial score (nSPS) is 10.5. The van der Waals surface area contributed by atoms with Gasteiger partial charge in [0.15, 0.2) is 0 Å². The zero-order valence-corrected chi connectivity index (χ0v) is 11.2. The molecule has 0 saturated heterocycles. The van der Waals surface area contributed by atoms with E-state index in [0.717, 1.165) is 22.7 Å². The third kappa shape index (κ3) is 2.29. The molecule has 1 aromatic heterocycles. The van der Waals surface area contributed by atoms with Crippen LogP contribution in [0.1, 0.15) is 17.4 Å². The van der Waals surface area contributed by atoms with Gasteiger partial charge < -0.3 is 10.5 Å². The standard InChI is InChI=1S/C14H17NOS/c1-4-11-8-13(14(15)17-11)12-6-5-10(16-3)7-9(12)2/h5-8H,4,15H2,1-3H3. The highest BCUT2D eigenvalue weighted by Gasteiger charge is 2.10.